The van der Waals surface area contributed by atoms with E-state index >= 15 is 0 Å². The third-order valence-electron chi connectivity index (χ3n) is 4.68. The maximum absolute atomic E-state index is 12.4. The number of piperazine rings is 1. The van der Waals surface area contributed by atoms with Crippen molar-refractivity contribution in [3.05, 3.63) is 68.7 Å². The van der Waals surface area contributed by atoms with Crippen molar-refractivity contribution in [2.24, 2.45) is 0 Å². The van der Waals surface area contributed by atoms with Crippen LogP contribution in [0.4, 0.5) is 5.69 Å². The maximum Gasteiger partial charge on any atom is 0.312 e. The molecule has 1 amide bonds. The number of ether oxygens (including phenoxy) is 1. The number of halogens is 1. The minimum absolute atomic E-state index is 0.0243. The second kappa shape index (κ2) is 9.37. The number of nitro groups is 1. The van der Waals surface area contributed by atoms with Crippen LogP contribution < -0.4 is 4.74 Å². The minimum atomic E-state index is -0.629. The Morgan fingerprint density at radius 2 is 1.86 bits per heavy atom. The number of nitrogens with zero attached hydrogens (tertiary/aromatic N) is 4. The summed E-state index contributed by atoms with van der Waals surface area (Å²) in [6.45, 7) is 3.07. The van der Waals surface area contributed by atoms with Crippen LogP contribution in [0.5, 0.6) is 5.75 Å². The van der Waals surface area contributed by atoms with E-state index < -0.39 is 4.92 Å². The SMILES string of the molecule is N#Cc1ccc(OCC(=O)N2CCN(Cc3ccc(Cl)cc3)CC2)c([N+](=O)[O-])c1. The van der Waals surface area contributed by atoms with Gasteiger partial charge in [0, 0.05) is 43.8 Å². The van der Waals surface area contributed by atoms with Gasteiger partial charge in [-0.25, -0.2) is 0 Å². The molecule has 0 spiro atoms. The topological polar surface area (TPSA) is 99.7 Å². The Balaban J connectivity index is 1.51. The summed E-state index contributed by atoms with van der Waals surface area (Å²) < 4.78 is 5.38. The van der Waals surface area contributed by atoms with Gasteiger partial charge in [-0.1, -0.05) is 23.7 Å². The summed E-state index contributed by atoms with van der Waals surface area (Å²) in [6, 6.07) is 13.4. The highest BCUT2D eigenvalue weighted by molar-refractivity contribution is 6.30. The summed E-state index contributed by atoms with van der Waals surface area (Å²) in [6.07, 6.45) is 0. The van der Waals surface area contributed by atoms with Crippen LogP contribution in [0, 0.1) is 21.4 Å². The van der Waals surface area contributed by atoms with E-state index in [1.807, 2.05) is 30.3 Å². The van der Waals surface area contributed by atoms with E-state index in [0.717, 1.165) is 31.3 Å². The monoisotopic (exact) mass is 414 g/mol. The fraction of sp³-hybridized carbons (Fsp3) is 0.300. The first kappa shape index (κ1) is 20.6. The fourth-order valence-corrected chi connectivity index (χ4v) is 3.21. The number of hydrogen-bond acceptors (Lipinski definition) is 6. The van der Waals surface area contributed by atoms with E-state index in [1.54, 1.807) is 4.90 Å². The molecule has 2 aromatic carbocycles. The molecule has 150 valence electrons. The summed E-state index contributed by atoms with van der Waals surface area (Å²) in [5.74, 6) is -0.251. The number of nitriles is 1. The maximum atomic E-state index is 12.4. The highest BCUT2D eigenvalue weighted by atomic mass is 35.5. The Hall–Kier alpha value is -3.15. The van der Waals surface area contributed by atoms with Crippen LogP contribution in [-0.4, -0.2) is 53.4 Å². The van der Waals surface area contributed by atoms with Gasteiger partial charge in [0.05, 0.1) is 16.6 Å². The Bertz CT molecular complexity index is 934. The third-order valence-corrected chi connectivity index (χ3v) is 4.93. The summed E-state index contributed by atoms with van der Waals surface area (Å²) in [5.41, 5.74) is 0.988. The number of nitro benzene ring substituents is 1. The van der Waals surface area contributed by atoms with Crippen molar-refractivity contribution in [3.8, 4) is 11.8 Å². The van der Waals surface area contributed by atoms with Gasteiger partial charge in [-0.05, 0) is 29.8 Å². The molecule has 1 saturated heterocycles. The quantitative estimate of drug-likeness (QED) is 0.532. The van der Waals surface area contributed by atoms with Crippen molar-refractivity contribution >= 4 is 23.2 Å². The molecule has 0 atom stereocenters. The highest BCUT2D eigenvalue weighted by Gasteiger charge is 2.23. The third kappa shape index (κ3) is 5.44. The van der Waals surface area contributed by atoms with Crippen LogP contribution >= 0.6 is 11.6 Å². The lowest BCUT2D eigenvalue weighted by Gasteiger charge is -2.34. The molecule has 3 rings (SSSR count). The molecule has 1 aliphatic heterocycles. The lowest BCUT2D eigenvalue weighted by Crippen LogP contribution is -2.49. The second-order valence-electron chi connectivity index (χ2n) is 6.62. The normalized spacial score (nSPS) is 14.3. The molecule has 1 fully saturated rings. The first-order valence-corrected chi connectivity index (χ1v) is 9.40. The van der Waals surface area contributed by atoms with Crippen LogP contribution in [0.15, 0.2) is 42.5 Å². The van der Waals surface area contributed by atoms with Gasteiger partial charge in [0.25, 0.3) is 5.91 Å². The molecule has 0 aromatic heterocycles. The van der Waals surface area contributed by atoms with Crippen LogP contribution in [-0.2, 0) is 11.3 Å². The number of hydrogen-bond donors (Lipinski definition) is 0. The van der Waals surface area contributed by atoms with Crippen molar-refractivity contribution in [2.45, 2.75) is 6.54 Å². The largest absolute Gasteiger partial charge is 0.477 e. The lowest BCUT2D eigenvalue weighted by molar-refractivity contribution is -0.385. The first-order chi connectivity index (χ1) is 14.0. The van der Waals surface area contributed by atoms with Gasteiger partial charge in [-0.3, -0.25) is 19.8 Å². The summed E-state index contributed by atoms with van der Waals surface area (Å²) in [4.78, 5) is 26.9. The van der Waals surface area contributed by atoms with Gasteiger partial charge >= 0.3 is 5.69 Å². The molecule has 0 saturated carbocycles. The molecule has 0 radical (unpaired) electrons. The first-order valence-electron chi connectivity index (χ1n) is 9.02. The molecule has 0 N–H and O–H groups in total. The number of benzene rings is 2. The number of rotatable bonds is 6. The van der Waals surface area contributed by atoms with Crippen LogP contribution in [0.3, 0.4) is 0 Å². The molecule has 9 heteroatoms. The molecule has 0 bridgehead atoms. The molecule has 0 aliphatic carbocycles. The minimum Gasteiger partial charge on any atom is -0.477 e. The van der Waals surface area contributed by atoms with Gasteiger partial charge in [0.15, 0.2) is 12.4 Å². The van der Waals surface area contributed by atoms with E-state index in [9.17, 15) is 14.9 Å². The van der Waals surface area contributed by atoms with Crippen LogP contribution in [0.1, 0.15) is 11.1 Å². The molecule has 1 aliphatic rings. The van der Waals surface area contributed by atoms with E-state index in [0.29, 0.717) is 18.1 Å². The molecular formula is C20H19ClN4O4. The predicted molar refractivity (Wildman–Crippen MR) is 107 cm³/mol. The van der Waals surface area contributed by atoms with Crippen molar-refractivity contribution in [1.82, 2.24) is 9.80 Å². The van der Waals surface area contributed by atoms with Gasteiger partial charge in [0.1, 0.15) is 0 Å². The Morgan fingerprint density at radius 3 is 2.48 bits per heavy atom. The highest BCUT2D eigenvalue weighted by Crippen LogP contribution is 2.27. The molecular weight excluding hydrogens is 396 g/mol. The Labute approximate surface area is 173 Å². The Kier molecular flexibility index (Phi) is 6.65. The van der Waals surface area contributed by atoms with Gasteiger partial charge < -0.3 is 9.64 Å². The molecule has 29 heavy (non-hydrogen) atoms. The van der Waals surface area contributed by atoms with Gasteiger partial charge in [-0.15, -0.1) is 0 Å². The Morgan fingerprint density at radius 1 is 1.17 bits per heavy atom. The summed E-state index contributed by atoms with van der Waals surface area (Å²) in [5, 5.41) is 20.7. The summed E-state index contributed by atoms with van der Waals surface area (Å²) in [7, 11) is 0. The molecule has 2 aromatic rings. The van der Waals surface area contributed by atoms with Crippen molar-refractivity contribution < 1.29 is 14.5 Å². The van der Waals surface area contributed by atoms with E-state index in [-0.39, 0.29) is 29.5 Å². The fourth-order valence-electron chi connectivity index (χ4n) is 3.09. The van der Waals surface area contributed by atoms with E-state index in [1.165, 1.54) is 12.1 Å². The van der Waals surface area contributed by atoms with Crippen molar-refractivity contribution in [3.63, 3.8) is 0 Å². The second-order valence-corrected chi connectivity index (χ2v) is 7.06. The number of carbonyl (C=O) groups excluding carboxylic acids is 1. The van der Waals surface area contributed by atoms with Crippen LogP contribution in [0.25, 0.3) is 0 Å². The van der Waals surface area contributed by atoms with E-state index in [2.05, 4.69) is 4.90 Å². The van der Waals surface area contributed by atoms with E-state index in [4.69, 9.17) is 21.6 Å². The smallest absolute Gasteiger partial charge is 0.312 e. The molecule has 0 unspecified atom stereocenters. The number of amides is 1. The zero-order chi connectivity index (χ0) is 20.8. The van der Waals surface area contributed by atoms with Gasteiger partial charge in [0.2, 0.25) is 0 Å². The predicted octanol–water partition coefficient (Wildman–Crippen LogP) is 2.84. The zero-order valence-electron chi connectivity index (χ0n) is 15.6. The molecule has 8 nitrogen and oxygen atoms in total. The zero-order valence-corrected chi connectivity index (χ0v) is 16.3. The average Bonchev–Trinajstić information content (AvgIpc) is 2.74. The van der Waals surface area contributed by atoms with Gasteiger partial charge in [-0.2, -0.15) is 5.26 Å². The lowest BCUT2D eigenvalue weighted by atomic mass is 10.2. The summed E-state index contributed by atoms with van der Waals surface area (Å²) >= 11 is 5.90. The molecule has 1 heterocycles. The van der Waals surface area contributed by atoms with Crippen LogP contribution in [0.2, 0.25) is 5.02 Å². The van der Waals surface area contributed by atoms with Crippen molar-refractivity contribution in [2.75, 3.05) is 32.8 Å². The van der Waals surface area contributed by atoms with Crippen molar-refractivity contribution in [1.29, 1.82) is 5.26 Å². The standard InChI is InChI=1S/C20H19ClN4O4/c21-17-4-1-15(2-5-17)13-23-7-9-24(10-8-23)20(26)14-29-19-6-3-16(12-22)11-18(19)25(27)28/h1-6,11H,7-10,13-14H2. The average molecular weight is 415 g/mol. The number of carbonyl (C=O) groups is 1.